The first-order chi connectivity index (χ1) is 19.5. The van der Waals surface area contributed by atoms with Crippen LogP contribution in [0.4, 0.5) is 23.3 Å². The first kappa shape index (κ1) is 26.6. The van der Waals surface area contributed by atoms with E-state index in [1.165, 1.54) is 11.1 Å². The van der Waals surface area contributed by atoms with Gasteiger partial charge in [-0.3, -0.25) is 4.79 Å². The van der Waals surface area contributed by atoms with Crippen molar-refractivity contribution in [1.29, 1.82) is 0 Å². The Morgan fingerprint density at radius 3 is 2.52 bits per heavy atom. The van der Waals surface area contributed by atoms with Gasteiger partial charge in [-0.2, -0.15) is 4.98 Å². The van der Waals surface area contributed by atoms with Crippen LogP contribution in [0, 0.1) is 5.92 Å². The minimum Gasteiger partial charge on any atom is -0.378 e. The Hall–Kier alpha value is -3.57. The number of nitrogens with zero attached hydrogens (tertiary/aromatic N) is 8. The van der Waals surface area contributed by atoms with E-state index in [2.05, 4.69) is 45.1 Å². The third kappa shape index (κ3) is 5.53. The van der Waals surface area contributed by atoms with Crippen molar-refractivity contribution in [1.82, 2.24) is 24.8 Å². The molecule has 0 saturated carbocycles. The lowest BCUT2D eigenvalue weighted by Crippen LogP contribution is -2.40. The molecular formula is C29H39N9O2. The summed E-state index contributed by atoms with van der Waals surface area (Å²) in [6.45, 7) is 8.92. The fourth-order valence-electron chi connectivity index (χ4n) is 6.21. The summed E-state index contributed by atoms with van der Waals surface area (Å²) in [4.78, 5) is 40.7. The minimum atomic E-state index is -0.0526. The minimum absolute atomic E-state index is 0.0526. The van der Waals surface area contributed by atoms with Crippen molar-refractivity contribution in [2.75, 3.05) is 86.6 Å². The summed E-state index contributed by atoms with van der Waals surface area (Å²) in [5, 5.41) is 2.99. The summed E-state index contributed by atoms with van der Waals surface area (Å²) >= 11 is 0. The highest BCUT2D eigenvalue weighted by molar-refractivity contribution is 5.94. The maximum Gasteiger partial charge on any atom is 0.228 e. The summed E-state index contributed by atoms with van der Waals surface area (Å²) in [6, 6.07) is 6.11. The Labute approximate surface area is 235 Å². The van der Waals surface area contributed by atoms with Crippen molar-refractivity contribution in [3.63, 3.8) is 0 Å². The second kappa shape index (κ2) is 11.5. The maximum absolute atomic E-state index is 11.8. The van der Waals surface area contributed by atoms with Crippen LogP contribution < -0.4 is 20.0 Å². The number of carbonyl (C=O) groups is 1. The maximum atomic E-state index is 11.8. The largest absolute Gasteiger partial charge is 0.378 e. The molecule has 1 amide bonds. The topological polar surface area (TPSA) is 103 Å². The molecule has 11 nitrogen and oxygen atoms in total. The Bertz CT molecular complexity index is 1370. The van der Waals surface area contributed by atoms with Gasteiger partial charge in [-0.25, -0.2) is 15.0 Å². The molecule has 0 aliphatic carbocycles. The molecule has 2 saturated heterocycles. The number of hydrogen-bond acceptors (Lipinski definition) is 10. The first-order valence-electron chi connectivity index (χ1n) is 14.3. The van der Waals surface area contributed by atoms with Crippen molar-refractivity contribution >= 4 is 40.2 Å². The van der Waals surface area contributed by atoms with Crippen molar-refractivity contribution in [3.8, 4) is 0 Å². The number of carbonyl (C=O) groups excluding carboxylic acids is 1. The van der Waals surface area contributed by atoms with E-state index in [0.717, 1.165) is 92.8 Å². The van der Waals surface area contributed by atoms with E-state index in [4.69, 9.17) is 24.7 Å². The highest BCUT2D eigenvalue weighted by Gasteiger charge is 2.28. The first-order valence-corrected chi connectivity index (χ1v) is 14.3. The molecule has 6 rings (SSSR count). The van der Waals surface area contributed by atoms with Gasteiger partial charge in [-0.05, 0) is 56.5 Å². The molecule has 0 atom stereocenters. The predicted molar refractivity (Wildman–Crippen MR) is 157 cm³/mol. The van der Waals surface area contributed by atoms with Crippen LogP contribution in [0.5, 0.6) is 0 Å². The number of piperidine rings is 1. The molecule has 2 fully saturated rings. The lowest BCUT2D eigenvalue weighted by atomic mass is 9.96. The summed E-state index contributed by atoms with van der Waals surface area (Å²) < 4.78 is 5.64. The van der Waals surface area contributed by atoms with Crippen molar-refractivity contribution in [2.45, 2.75) is 32.7 Å². The van der Waals surface area contributed by atoms with Crippen LogP contribution >= 0.6 is 0 Å². The predicted octanol–water partition coefficient (Wildman–Crippen LogP) is 2.56. The van der Waals surface area contributed by atoms with Gasteiger partial charge in [0.15, 0.2) is 11.6 Å². The number of benzene rings is 1. The van der Waals surface area contributed by atoms with Crippen LogP contribution in [0.15, 0.2) is 24.5 Å². The number of ether oxygens (including phenoxy) is 1. The molecule has 40 heavy (non-hydrogen) atoms. The van der Waals surface area contributed by atoms with Gasteiger partial charge in [-0.15, -0.1) is 0 Å². The number of nitrogens with one attached hydrogen (secondary N) is 1. The number of fused-ring (bicyclic) bond motifs is 2. The van der Waals surface area contributed by atoms with Crippen molar-refractivity contribution < 1.29 is 9.53 Å². The molecule has 212 valence electrons. The molecule has 0 radical (unpaired) electrons. The lowest BCUT2D eigenvalue weighted by Gasteiger charge is -2.35. The molecule has 5 heterocycles. The second-order valence-corrected chi connectivity index (χ2v) is 11.3. The fraction of sp³-hybridized carbons (Fsp3) is 0.552. The van der Waals surface area contributed by atoms with Crippen molar-refractivity contribution in [3.05, 3.63) is 35.7 Å². The third-order valence-corrected chi connectivity index (χ3v) is 8.14. The summed E-state index contributed by atoms with van der Waals surface area (Å²) in [6.07, 6.45) is 4.71. The van der Waals surface area contributed by atoms with Gasteiger partial charge >= 0.3 is 0 Å². The van der Waals surface area contributed by atoms with Crippen LogP contribution in [-0.2, 0) is 22.5 Å². The average Bonchev–Trinajstić information content (AvgIpc) is 2.96. The molecule has 11 heteroatoms. The normalized spacial score (nSPS) is 18.4. The van der Waals surface area contributed by atoms with Gasteiger partial charge in [0.25, 0.3) is 0 Å². The van der Waals surface area contributed by atoms with Gasteiger partial charge in [0.2, 0.25) is 11.9 Å². The van der Waals surface area contributed by atoms with Gasteiger partial charge in [-0.1, -0.05) is 12.1 Å². The highest BCUT2D eigenvalue weighted by Crippen LogP contribution is 2.35. The number of aromatic nitrogens is 4. The van der Waals surface area contributed by atoms with Crippen molar-refractivity contribution in [2.24, 2.45) is 5.92 Å². The van der Waals surface area contributed by atoms with Crippen LogP contribution in [-0.4, -0.2) is 97.3 Å². The Balaban J connectivity index is 1.36. The number of anilines is 4. The molecule has 1 N–H and O–H groups in total. The van der Waals surface area contributed by atoms with E-state index in [0.29, 0.717) is 25.7 Å². The van der Waals surface area contributed by atoms with Crippen LogP contribution in [0.2, 0.25) is 0 Å². The van der Waals surface area contributed by atoms with Crippen LogP contribution in [0.25, 0.3) is 11.0 Å². The number of hydrogen-bond donors (Lipinski definition) is 1. The van der Waals surface area contributed by atoms with E-state index in [1.807, 2.05) is 12.1 Å². The molecule has 2 aromatic heterocycles. The number of amides is 1. The Morgan fingerprint density at radius 1 is 0.975 bits per heavy atom. The van der Waals surface area contributed by atoms with E-state index >= 15 is 0 Å². The summed E-state index contributed by atoms with van der Waals surface area (Å²) in [7, 11) is 4.29. The third-order valence-electron chi connectivity index (χ3n) is 8.14. The van der Waals surface area contributed by atoms with Crippen LogP contribution in [0.1, 0.15) is 30.9 Å². The van der Waals surface area contributed by atoms with Gasteiger partial charge in [0, 0.05) is 58.4 Å². The van der Waals surface area contributed by atoms with Gasteiger partial charge in [0.1, 0.15) is 17.4 Å². The average molecular weight is 546 g/mol. The van der Waals surface area contributed by atoms with Crippen LogP contribution in [0.3, 0.4) is 0 Å². The van der Waals surface area contributed by atoms with E-state index in [1.54, 1.807) is 13.3 Å². The fourth-order valence-corrected chi connectivity index (χ4v) is 6.21. The summed E-state index contributed by atoms with van der Waals surface area (Å²) in [5.41, 5.74) is 4.86. The zero-order chi connectivity index (χ0) is 27.6. The summed E-state index contributed by atoms with van der Waals surface area (Å²) in [5.74, 6) is 3.11. The smallest absolute Gasteiger partial charge is 0.228 e. The highest BCUT2D eigenvalue weighted by atomic mass is 16.5. The zero-order valence-electron chi connectivity index (χ0n) is 23.8. The van der Waals surface area contributed by atoms with E-state index in [9.17, 15) is 4.79 Å². The monoisotopic (exact) mass is 545 g/mol. The molecule has 1 aromatic carbocycles. The SMILES string of the molecule is CC(=O)Nc1cccc2c1CCN(c1ncnc3c(N4CCOCC4)nc(N4CCC(CN(C)C)CC4)nc13)C2. The molecule has 3 aromatic rings. The second-order valence-electron chi connectivity index (χ2n) is 11.3. The molecule has 3 aliphatic rings. The number of rotatable bonds is 6. The molecule has 0 unspecified atom stereocenters. The zero-order valence-corrected chi connectivity index (χ0v) is 23.8. The standard InChI is InChI=1S/C29H39N9O2/c1-20(39)32-24-6-4-5-22-18-38(12-9-23(22)24)27-26-25(30-19-31-27)28(36-13-15-40-16-14-36)34-29(33-26)37-10-7-21(8-11-37)17-35(2)3/h4-6,19,21H,7-18H2,1-3H3,(H,32,39). The molecule has 0 spiro atoms. The number of morpholine rings is 1. The van der Waals surface area contributed by atoms with E-state index < -0.39 is 0 Å². The quantitative estimate of drug-likeness (QED) is 0.497. The molecular weight excluding hydrogens is 506 g/mol. The van der Waals surface area contributed by atoms with Gasteiger partial charge < -0.3 is 29.7 Å². The molecule has 3 aliphatic heterocycles. The Morgan fingerprint density at radius 2 is 1.77 bits per heavy atom. The molecule has 0 bridgehead atoms. The van der Waals surface area contributed by atoms with Gasteiger partial charge in [0.05, 0.1) is 13.2 Å². The Kier molecular flexibility index (Phi) is 7.66. The lowest BCUT2D eigenvalue weighted by molar-refractivity contribution is -0.114. The van der Waals surface area contributed by atoms with E-state index in [-0.39, 0.29) is 5.91 Å².